The summed E-state index contributed by atoms with van der Waals surface area (Å²) in [4.78, 5) is 12.3. The molecule has 2 heterocycles. The molecule has 1 saturated heterocycles. The van der Waals surface area contributed by atoms with Crippen molar-refractivity contribution in [2.75, 3.05) is 19.6 Å². The largest absolute Gasteiger partial charge is 0.391 e. The first kappa shape index (κ1) is 17.4. The molecule has 8 heteroatoms. The van der Waals surface area contributed by atoms with Gasteiger partial charge in [0.1, 0.15) is 5.82 Å². The maximum absolute atomic E-state index is 13.0. The first-order valence-electron chi connectivity index (χ1n) is 7.11. The number of halogens is 2. The van der Waals surface area contributed by atoms with Gasteiger partial charge in [0.05, 0.1) is 23.6 Å². The lowest BCUT2D eigenvalue weighted by atomic mass is 10.1. The van der Waals surface area contributed by atoms with Gasteiger partial charge in [0, 0.05) is 31.1 Å². The zero-order valence-corrected chi connectivity index (χ0v) is 13.1. The van der Waals surface area contributed by atoms with Crippen LogP contribution in [0.15, 0.2) is 30.5 Å². The number of aliphatic hydroxyl groups is 1. The Kier molecular flexibility index (Phi) is 5.70. The van der Waals surface area contributed by atoms with E-state index < -0.39 is 6.10 Å². The first-order chi connectivity index (χ1) is 10.6. The number of hydrogen-bond acceptors (Lipinski definition) is 4. The van der Waals surface area contributed by atoms with Gasteiger partial charge < -0.3 is 15.7 Å². The summed E-state index contributed by atoms with van der Waals surface area (Å²) in [6.07, 6.45) is 0.998. The second kappa shape index (κ2) is 7.54. The van der Waals surface area contributed by atoms with Crippen LogP contribution < -0.4 is 10.6 Å². The molecule has 2 aromatic rings. The Morgan fingerprint density at radius 1 is 1.35 bits per heavy atom. The van der Waals surface area contributed by atoms with Crippen molar-refractivity contribution in [2.45, 2.75) is 6.10 Å². The number of aliphatic hydroxyl groups excluding tert-OH is 1. The molecule has 2 unspecified atom stereocenters. The van der Waals surface area contributed by atoms with Crippen molar-refractivity contribution in [3.63, 3.8) is 0 Å². The Hall–Kier alpha value is -1.96. The van der Waals surface area contributed by atoms with Crippen molar-refractivity contribution in [2.24, 2.45) is 5.92 Å². The number of aromatic amines is 1. The third-order valence-corrected chi connectivity index (χ3v) is 3.85. The molecule has 0 aliphatic carbocycles. The highest BCUT2D eigenvalue weighted by molar-refractivity contribution is 5.99. The minimum atomic E-state index is -0.443. The molecular formula is C15H18ClFN4O2. The van der Waals surface area contributed by atoms with Crippen molar-refractivity contribution in [1.29, 1.82) is 0 Å². The third kappa shape index (κ3) is 3.87. The fraction of sp³-hybridized carbons (Fsp3) is 0.333. The van der Waals surface area contributed by atoms with Crippen molar-refractivity contribution in [3.8, 4) is 11.3 Å². The number of β-amino-alcohol motifs (C(OH)–C–C–N with tert-alkyl or cyclic N) is 1. The van der Waals surface area contributed by atoms with Gasteiger partial charge in [-0.05, 0) is 24.3 Å². The van der Waals surface area contributed by atoms with Gasteiger partial charge in [0.2, 0.25) is 0 Å². The van der Waals surface area contributed by atoms with Crippen LogP contribution in [0.2, 0.25) is 0 Å². The predicted molar refractivity (Wildman–Crippen MR) is 85.9 cm³/mol. The molecule has 0 bridgehead atoms. The zero-order valence-electron chi connectivity index (χ0n) is 12.3. The smallest absolute Gasteiger partial charge is 0.255 e. The van der Waals surface area contributed by atoms with Crippen molar-refractivity contribution >= 4 is 18.3 Å². The van der Waals surface area contributed by atoms with Crippen molar-refractivity contribution < 1.29 is 14.3 Å². The Balaban J connectivity index is 0.00000192. The van der Waals surface area contributed by atoms with E-state index in [-0.39, 0.29) is 30.0 Å². The van der Waals surface area contributed by atoms with E-state index in [1.54, 1.807) is 12.1 Å². The SMILES string of the molecule is Cl.O=C(NCC1CNCC1O)c1cn[nH]c1-c1ccc(F)cc1. The minimum absolute atomic E-state index is 0. The normalized spacial score (nSPS) is 20.1. The molecule has 4 N–H and O–H groups in total. The van der Waals surface area contributed by atoms with Gasteiger partial charge in [0.25, 0.3) is 5.91 Å². The molecule has 2 atom stereocenters. The molecule has 0 spiro atoms. The maximum atomic E-state index is 13.0. The topological polar surface area (TPSA) is 90.0 Å². The molecule has 0 saturated carbocycles. The molecular weight excluding hydrogens is 323 g/mol. The fourth-order valence-corrected chi connectivity index (χ4v) is 2.54. The summed E-state index contributed by atoms with van der Waals surface area (Å²) in [5.41, 5.74) is 1.63. The number of carbonyl (C=O) groups is 1. The summed E-state index contributed by atoms with van der Waals surface area (Å²) < 4.78 is 13.0. The van der Waals surface area contributed by atoms with E-state index in [1.165, 1.54) is 18.3 Å². The average molecular weight is 341 g/mol. The van der Waals surface area contributed by atoms with Crippen LogP contribution in [0.1, 0.15) is 10.4 Å². The molecule has 1 aromatic heterocycles. The van der Waals surface area contributed by atoms with Crippen LogP contribution in [-0.4, -0.2) is 46.9 Å². The van der Waals surface area contributed by atoms with Gasteiger partial charge in [-0.15, -0.1) is 12.4 Å². The van der Waals surface area contributed by atoms with Gasteiger partial charge in [-0.25, -0.2) is 4.39 Å². The number of aromatic nitrogens is 2. The number of rotatable bonds is 4. The molecule has 124 valence electrons. The van der Waals surface area contributed by atoms with Gasteiger partial charge >= 0.3 is 0 Å². The summed E-state index contributed by atoms with van der Waals surface area (Å²) >= 11 is 0. The quantitative estimate of drug-likeness (QED) is 0.667. The standard InChI is InChI=1S/C15H17FN4O2.ClH/c16-11-3-1-9(2-4-11)14-12(7-19-20-14)15(22)18-6-10-5-17-8-13(10)21;/h1-4,7,10,13,17,21H,5-6,8H2,(H,18,22)(H,19,20);1H. The van der Waals surface area contributed by atoms with E-state index in [1.807, 2.05) is 0 Å². The van der Waals surface area contributed by atoms with Crippen LogP contribution in [0.5, 0.6) is 0 Å². The van der Waals surface area contributed by atoms with Crippen LogP contribution in [0.4, 0.5) is 4.39 Å². The predicted octanol–water partition coefficient (Wildman–Crippen LogP) is 0.948. The lowest BCUT2D eigenvalue weighted by Crippen LogP contribution is -2.34. The van der Waals surface area contributed by atoms with Gasteiger partial charge in [-0.1, -0.05) is 0 Å². The maximum Gasteiger partial charge on any atom is 0.255 e. The molecule has 6 nitrogen and oxygen atoms in total. The highest BCUT2D eigenvalue weighted by atomic mass is 35.5. The van der Waals surface area contributed by atoms with Crippen LogP contribution in [0.3, 0.4) is 0 Å². The second-order valence-corrected chi connectivity index (χ2v) is 5.36. The second-order valence-electron chi connectivity index (χ2n) is 5.36. The number of nitrogens with one attached hydrogen (secondary N) is 3. The molecule has 1 aliphatic heterocycles. The molecule has 0 radical (unpaired) electrons. The Morgan fingerprint density at radius 3 is 2.74 bits per heavy atom. The Bertz CT molecular complexity index is 662. The van der Waals surface area contributed by atoms with E-state index >= 15 is 0 Å². The monoisotopic (exact) mass is 340 g/mol. The number of hydrogen-bond donors (Lipinski definition) is 4. The van der Waals surface area contributed by atoms with Crippen molar-refractivity contribution in [3.05, 3.63) is 41.8 Å². The van der Waals surface area contributed by atoms with E-state index in [0.29, 0.717) is 36.5 Å². The number of amides is 1. The van der Waals surface area contributed by atoms with E-state index in [9.17, 15) is 14.3 Å². The number of benzene rings is 1. The summed E-state index contributed by atoms with van der Waals surface area (Å²) in [6, 6.07) is 5.84. The number of carbonyl (C=O) groups excluding carboxylic acids is 1. The molecule has 1 aliphatic rings. The molecule has 3 rings (SSSR count). The van der Waals surface area contributed by atoms with E-state index in [0.717, 1.165) is 0 Å². The summed E-state index contributed by atoms with van der Waals surface area (Å²) in [5, 5.41) is 22.3. The lowest BCUT2D eigenvalue weighted by molar-refractivity contribution is 0.0928. The molecule has 1 aromatic carbocycles. The summed E-state index contributed by atoms with van der Waals surface area (Å²) in [6.45, 7) is 1.62. The summed E-state index contributed by atoms with van der Waals surface area (Å²) in [5.74, 6) is -0.603. The van der Waals surface area contributed by atoms with Gasteiger partial charge in [0.15, 0.2) is 0 Å². The van der Waals surface area contributed by atoms with Crippen LogP contribution in [0, 0.1) is 11.7 Å². The van der Waals surface area contributed by atoms with E-state index in [4.69, 9.17) is 0 Å². The highest BCUT2D eigenvalue weighted by Gasteiger charge is 2.25. The van der Waals surface area contributed by atoms with Crippen LogP contribution in [-0.2, 0) is 0 Å². The van der Waals surface area contributed by atoms with Crippen molar-refractivity contribution in [1.82, 2.24) is 20.8 Å². The first-order valence-corrected chi connectivity index (χ1v) is 7.11. The van der Waals surface area contributed by atoms with Gasteiger partial charge in [-0.2, -0.15) is 5.10 Å². The van der Waals surface area contributed by atoms with Crippen LogP contribution >= 0.6 is 12.4 Å². The summed E-state index contributed by atoms with van der Waals surface area (Å²) in [7, 11) is 0. The van der Waals surface area contributed by atoms with Gasteiger partial charge in [-0.3, -0.25) is 9.89 Å². The lowest BCUT2D eigenvalue weighted by Gasteiger charge is -2.14. The highest BCUT2D eigenvalue weighted by Crippen LogP contribution is 2.21. The number of H-pyrrole nitrogens is 1. The Labute approximate surface area is 138 Å². The minimum Gasteiger partial charge on any atom is -0.391 e. The fourth-order valence-electron chi connectivity index (χ4n) is 2.54. The average Bonchev–Trinajstić information content (AvgIpc) is 3.15. The van der Waals surface area contributed by atoms with Crippen LogP contribution in [0.25, 0.3) is 11.3 Å². The third-order valence-electron chi connectivity index (χ3n) is 3.85. The molecule has 1 fully saturated rings. The zero-order chi connectivity index (χ0) is 15.5. The Morgan fingerprint density at radius 2 is 2.09 bits per heavy atom. The molecule has 1 amide bonds. The number of nitrogens with zero attached hydrogens (tertiary/aromatic N) is 1. The molecule has 23 heavy (non-hydrogen) atoms. The van der Waals surface area contributed by atoms with E-state index in [2.05, 4.69) is 20.8 Å².